The second-order valence-electron chi connectivity index (χ2n) is 3.62. The summed E-state index contributed by atoms with van der Waals surface area (Å²) in [5, 5.41) is 0. The second-order valence-corrected chi connectivity index (χ2v) is 4.73. The lowest BCUT2D eigenvalue weighted by Gasteiger charge is -2.25. The zero-order chi connectivity index (χ0) is 11.3. The average Bonchev–Trinajstić information content (AvgIpc) is 2.68. The molecule has 0 aliphatic carbocycles. The Bertz CT molecular complexity index is 253. The Balaban J connectivity index is 2.70. The zero-order valence-corrected chi connectivity index (χ0v) is 11.1. The molecule has 0 radical (unpaired) electrons. The van der Waals surface area contributed by atoms with Gasteiger partial charge in [-0.25, -0.2) is 0 Å². The van der Waals surface area contributed by atoms with Gasteiger partial charge in [0.2, 0.25) is 0 Å². The van der Waals surface area contributed by atoms with Gasteiger partial charge in [0.1, 0.15) is 4.32 Å². The van der Waals surface area contributed by atoms with Crippen molar-refractivity contribution < 1.29 is 4.74 Å². The molecule has 0 aromatic heterocycles. The highest BCUT2D eigenvalue weighted by molar-refractivity contribution is 8.10. The Morgan fingerprint density at radius 1 is 1.60 bits per heavy atom. The van der Waals surface area contributed by atoms with Crippen molar-refractivity contribution in [1.82, 2.24) is 4.90 Å². The molecule has 0 spiro atoms. The largest absolute Gasteiger partial charge is 0.353 e. The average molecular weight is 245 g/mol. The first-order valence-corrected chi connectivity index (χ1v) is 6.36. The molecule has 0 aromatic carbocycles. The Kier molecular flexibility index (Phi) is 5.64. The van der Waals surface area contributed by atoms with Gasteiger partial charge in [-0.15, -0.1) is 12.6 Å². The van der Waals surface area contributed by atoms with Crippen LogP contribution in [0.4, 0.5) is 0 Å². The first-order valence-electron chi connectivity index (χ1n) is 5.50. The van der Waals surface area contributed by atoms with Crippen LogP contribution >= 0.6 is 24.8 Å². The van der Waals surface area contributed by atoms with E-state index >= 15 is 0 Å². The summed E-state index contributed by atoms with van der Waals surface area (Å²) in [7, 11) is 0. The van der Waals surface area contributed by atoms with E-state index in [1.165, 1.54) is 12.0 Å². The van der Waals surface area contributed by atoms with Crippen molar-refractivity contribution in [3.8, 4) is 0 Å². The van der Waals surface area contributed by atoms with Gasteiger partial charge in [0.25, 0.3) is 0 Å². The number of hydrogen-bond donors (Lipinski definition) is 1. The molecular weight excluding hydrogens is 226 g/mol. The van der Waals surface area contributed by atoms with E-state index in [1.807, 2.05) is 4.90 Å². The highest BCUT2D eigenvalue weighted by Crippen LogP contribution is 2.22. The molecule has 1 rings (SSSR count). The van der Waals surface area contributed by atoms with Crippen molar-refractivity contribution in [1.29, 1.82) is 0 Å². The van der Waals surface area contributed by atoms with Crippen molar-refractivity contribution in [2.45, 2.75) is 39.3 Å². The fourth-order valence-corrected chi connectivity index (χ4v) is 2.11. The SMILES string of the molecule is CCC/C=C(\CC)C1OCCN1C(=S)S. The predicted molar refractivity (Wildman–Crippen MR) is 71.3 cm³/mol. The minimum Gasteiger partial charge on any atom is -0.353 e. The van der Waals surface area contributed by atoms with E-state index in [0.717, 1.165) is 26.0 Å². The number of hydrogen-bond acceptors (Lipinski definition) is 2. The third-order valence-corrected chi connectivity index (χ3v) is 3.05. The van der Waals surface area contributed by atoms with E-state index in [9.17, 15) is 0 Å². The lowest BCUT2D eigenvalue weighted by Crippen LogP contribution is -2.33. The van der Waals surface area contributed by atoms with Crippen molar-refractivity contribution in [2.75, 3.05) is 13.2 Å². The van der Waals surface area contributed by atoms with E-state index < -0.39 is 0 Å². The molecule has 4 heteroatoms. The molecule has 0 aromatic rings. The molecule has 1 saturated heterocycles. The van der Waals surface area contributed by atoms with Crippen LogP contribution in [0.15, 0.2) is 11.6 Å². The van der Waals surface area contributed by atoms with E-state index in [2.05, 4.69) is 32.6 Å². The Morgan fingerprint density at radius 2 is 2.33 bits per heavy atom. The number of rotatable bonds is 4. The van der Waals surface area contributed by atoms with Crippen LogP contribution < -0.4 is 0 Å². The van der Waals surface area contributed by atoms with Crippen molar-refractivity contribution in [2.24, 2.45) is 0 Å². The predicted octanol–water partition coefficient (Wildman–Crippen LogP) is 3.00. The number of thiol groups is 1. The fourth-order valence-electron chi connectivity index (χ4n) is 1.72. The highest BCUT2D eigenvalue weighted by Gasteiger charge is 2.28. The van der Waals surface area contributed by atoms with Crippen molar-refractivity contribution in [3.05, 3.63) is 11.6 Å². The monoisotopic (exact) mass is 245 g/mol. The Hall–Kier alpha value is -0.0600. The van der Waals surface area contributed by atoms with Gasteiger partial charge in [0, 0.05) is 6.54 Å². The number of ether oxygens (including phenoxy) is 1. The first-order chi connectivity index (χ1) is 7.20. The maximum Gasteiger partial charge on any atom is 0.153 e. The van der Waals surface area contributed by atoms with Gasteiger partial charge in [-0.2, -0.15) is 0 Å². The van der Waals surface area contributed by atoms with Crippen LogP contribution in [0.5, 0.6) is 0 Å². The quantitative estimate of drug-likeness (QED) is 0.465. The summed E-state index contributed by atoms with van der Waals surface area (Å²) < 4.78 is 6.33. The third kappa shape index (κ3) is 3.47. The van der Waals surface area contributed by atoms with Crippen LogP contribution in [0.2, 0.25) is 0 Å². The molecule has 0 bridgehead atoms. The summed E-state index contributed by atoms with van der Waals surface area (Å²) in [6.07, 6.45) is 5.59. The maximum atomic E-state index is 5.70. The van der Waals surface area contributed by atoms with Gasteiger partial charge in [-0.1, -0.05) is 38.6 Å². The Morgan fingerprint density at radius 3 is 2.87 bits per heavy atom. The van der Waals surface area contributed by atoms with Gasteiger partial charge in [0.15, 0.2) is 6.23 Å². The molecule has 86 valence electrons. The number of nitrogens with zero attached hydrogens (tertiary/aromatic N) is 1. The molecule has 0 saturated carbocycles. The smallest absolute Gasteiger partial charge is 0.153 e. The lowest BCUT2D eigenvalue weighted by atomic mass is 10.1. The van der Waals surface area contributed by atoms with Crippen LogP contribution in [0, 0.1) is 0 Å². The molecule has 0 N–H and O–H groups in total. The standard InChI is InChI=1S/C11H19NOS2/c1-3-5-6-9(4-2)10-12(11(14)15)7-8-13-10/h6,10H,3-5,7-8H2,1-2H3,(H,14,15)/b9-6+. The van der Waals surface area contributed by atoms with Crippen LogP contribution in [0.25, 0.3) is 0 Å². The summed E-state index contributed by atoms with van der Waals surface area (Å²) in [5.74, 6) is 0. The summed E-state index contributed by atoms with van der Waals surface area (Å²) in [4.78, 5) is 2.05. The minimum absolute atomic E-state index is 0.0338. The molecule has 1 fully saturated rings. The number of unbranched alkanes of at least 4 members (excludes halogenated alkanes) is 1. The molecule has 0 amide bonds. The van der Waals surface area contributed by atoms with E-state index in [-0.39, 0.29) is 6.23 Å². The molecule has 1 unspecified atom stereocenters. The number of thiocarbonyl (C=S) groups is 1. The van der Waals surface area contributed by atoms with E-state index in [4.69, 9.17) is 17.0 Å². The van der Waals surface area contributed by atoms with Gasteiger partial charge < -0.3 is 9.64 Å². The molecular formula is C11H19NOS2. The van der Waals surface area contributed by atoms with Gasteiger partial charge >= 0.3 is 0 Å². The summed E-state index contributed by atoms with van der Waals surface area (Å²) in [6, 6.07) is 0. The van der Waals surface area contributed by atoms with Gasteiger partial charge in [0.05, 0.1) is 6.61 Å². The fraction of sp³-hybridized carbons (Fsp3) is 0.727. The molecule has 1 aliphatic heterocycles. The summed E-state index contributed by atoms with van der Waals surface area (Å²) in [6.45, 7) is 5.94. The topological polar surface area (TPSA) is 12.5 Å². The van der Waals surface area contributed by atoms with E-state index in [0.29, 0.717) is 4.32 Å². The lowest BCUT2D eigenvalue weighted by molar-refractivity contribution is 0.0932. The first kappa shape index (κ1) is 13.0. The maximum absolute atomic E-state index is 5.70. The molecule has 15 heavy (non-hydrogen) atoms. The second kappa shape index (κ2) is 6.51. The molecule has 1 aliphatic rings. The summed E-state index contributed by atoms with van der Waals surface area (Å²) in [5.41, 5.74) is 1.32. The zero-order valence-electron chi connectivity index (χ0n) is 9.40. The van der Waals surface area contributed by atoms with E-state index in [1.54, 1.807) is 0 Å². The molecule has 1 heterocycles. The highest BCUT2D eigenvalue weighted by atomic mass is 32.1. The van der Waals surface area contributed by atoms with Crippen molar-refractivity contribution >= 4 is 29.2 Å². The van der Waals surface area contributed by atoms with Crippen LogP contribution in [0.1, 0.15) is 33.1 Å². The molecule has 1 atom stereocenters. The normalized spacial score (nSPS) is 22.2. The van der Waals surface area contributed by atoms with Crippen molar-refractivity contribution in [3.63, 3.8) is 0 Å². The summed E-state index contributed by atoms with van der Waals surface area (Å²) >= 11 is 9.32. The van der Waals surface area contributed by atoms with Gasteiger partial charge in [-0.05, 0) is 18.4 Å². The van der Waals surface area contributed by atoms with Gasteiger partial charge in [-0.3, -0.25) is 0 Å². The van der Waals surface area contributed by atoms with Crippen LogP contribution in [0.3, 0.4) is 0 Å². The molecule has 2 nitrogen and oxygen atoms in total. The Labute approximate surface area is 103 Å². The van der Waals surface area contributed by atoms with Crippen LogP contribution in [-0.2, 0) is 4.74 Å². The van der Waals surface area contributed by atoms with Crippen LogP contribution in [-0.4, -0.2) is 28.6 Å². The minimum atomic E-state index is 0.0338. The number of allylic oxidation sites excluding steroid dienone is 1. The third-order valence-electron chi connectivity index (χ3n) is 2.56.